The standard InChI is InChI=1S/C22H24N2O5/c1-14-7-6-8-15(2)21(14)24-12-16(11-20(24)26)22(27)29-13-19(25)23-17-9-4-5-10-18(17)28-3/h4-10,16H,11-13H2,1-3H3,(H,23,25)/t16-/m0/s1. The maximum Gasteiger partial charge on any atom is 0.311 e. The van der Waals surface area contributed by atoms with Gasteiger partial charge in [0.15, 0.2) is 6.61 Å². The van der Waals surface area contributed by atoms with Crippen molar-refractivity contribution in [2.75, 3.05) is 30.5 Å². The third-order valence-corrected chi connectivity index (χ3v) is 4.89. The number of hydrogen-bond donors (Lipinski definition) is 1. The first kappa shape index (κ1) is 20.4. The van der Waals surface area contributed by atoms with E-state index in [4.69, 9.17) is 9.47 Å². The predicted octanol–water partition coefficient (Wildman–Crippen LogP) is 2.85. The van der Waals surface area contributed by atoms with Crippen LogP contribution in [0, 0.1) is 19.8 Å². The average Bonchev–Trinajstić information content (AvgIpc) is 3.08. The van der Waals surface area contributed by atoms with E-state index in [1.54, 1.807) is 29.2 Å². The number of amides is 2. The highest BCUT2D eigenvalue weighted by Gasteiger charge is 2.37. The van der Waals surface area contributed by atoms with Gasteiger partial charge in [-0.05, 0) is 37.1 Å². The smallest absolute Gasteiger partial charge is 0.311 e. The highest BCUT2D eigenvalue weighted by Crippen LogP contribution is 2.31. The number of anilines is 2. The molecular weight excluding hydrogens is 372 g/mol. The molecule has 1 atom stereocenters. The molecule has 0 unspecified atom stereocenters. The lowest BCUT2D eigenvalue weighted by atomic mass is 10.1. The van der Waals surface area contributed by atoms with Crippen LogP contribution in [-0.4, -0.2) is 38.0 Å². The molecule has 7 nitrogen and oxygen atoms in total. The Morgan fingerprint density at radius 2 is 1.79 bits per heavy atom. The number of aryl methyl sites for hydroxylation is 2. The maximum atomic E-state index is 12.5. The Morgan fingerprint density at radius 1 is 1.10 bits per heavy atom. The van der Waals surface area contributed by atoms with Crippen molar-refractivity contribution in [3.05, 3.63) is 53.6 Å². The number of nitrogens with one attached hydrogen (secondary N) is 1. The fraction of sp³-hybridized carbons (Fsp3) is 0.318. The van der Waals surface area contributed by atoms with Crippen LogP contribution in [0.15, 0.2) is 42.5 Å². The van der Waals surface area contributed by atoms with Crippen molar-refractivity contribution in [3.8, 4) is 5.75 Å². The number of carbonyl (C=O) groups is 3. The van der Waals surface area contributed by atoms with Crippen LogP contribution in [0.25, 0.3) is 0 Å². The summed E-state index contributed by atoms with van der Waals surface area (Å²) in [4.78, 5) is 38.6. The zero-order chi connectivity index (χ0) is 21.0. The van der Waals surface area contributed by atoms with Crippen LogP contribution in [0.5, 0.6) is 5.75 Å². The van der Waals surface area contributed by atoms with Gasteiger partial charge in [-0.2, -0.15) is 0 Å². The van der Waals surface area contributed by atoms with E-state index in [2.05, 4.69) is 5.32 Å². The van der Waals surface area contributed by atoms with E-state index in [0.717, 1.165) is 16.8 Å². The molecule has 1 heterocycles. The molecule has 0 saturated carbocycles. The number of ether oxygens (including phenoxy) is 2. The van der Waals surface area contributed by atoms with E-state index >= 15 is 0 Å². The van der Waals surface area contributed by atoms with Crippen molar-refractivity contribution in [3.63, 3.8) is 0 Å². The molecule has 2 aromatic rings. The van der Waals surface area contributed by atoms with Crippen molar-refractivity contribution >= 4 is 29.2 Å². The number of carbonyl (C=O) groups excluding carboxylic acids is 3. The largest absolute Gasteiger partial charge is 0.495 e. The molecule has 1 aliphatic heterocycles. The summed E-state index contributed by atoms with van der Waals surface area (Å²) in [5.41, 5.74) is 3.28. The van der Waals surface area contributed by atoms with Crippen LogP contribution in [0.1, 0.15) is 17.5 Å². The van der Waals surface area contributed by atoms with Crippen LogP contribution >= 0.6 is 0 Å². The lowest BCUT2D eigenvalue weighted by Gasteiger charge is -2.21. The van der Waals surface area contributed by atoms with Gasteiger partial charge >= 0.3 is 5.97 Å². The molecule has 0 aliphatic carbocycles. The molecule has 1 aliphatic rings. The first-order chi connectivity index (χ1) is 13.9. The Hall–Kier alpha value is -3.35. The Balaban J connectivity index is 1.58. The lowest BCUT2D eigenvalue weighted by Crippen LogP contribution is -2.29. The molecule has 7 heteroatoms. The lowest BCUT2D eigenvalue weighted by molar-refractivity contribution is -0.151. The molecule has 2 amide bonds. The van der Waals surface area contributed by atoms with Gasteiger partial charge in [-0.3, -0.25) is 14.4 Å². The van der Waals surface area contributed by atoms with Crippen molar-refractivity contribution in [2.24, 2.45) is 5.92 Å². The molecule has 0 bridgehead atoms. The van der Waals surface area contributed by atoms with E-state index in [1.165, 1.54) is 7.11 Å². The predicted molar refractivity (Wildman–Crippen MR) is 109 cm³/mol. The number of benzene rings is 2. The molecule has 1 saturated heterocycles. The third kappa shape index (κ3) is 4.56. The van der Waals surface area contributed by atoms with Crippen LogP contribution in [0.4, 0.5) is 11.4 Å². The zero-order valence-electron chi connectivity index (χ0n) is 16.7. The number of rotatable bonds is 6. The van der Waals surface area contributed by atoms with Crippen molar-refractivity contribution < 1.29 is 23.9 Å². The topological polar surface area (TPSA) is 84.9 Å². The normalized spacial score (nSPS) is 15.9. The van der Waals surface area contributed by atoms with E-state index in [0.29, 0.717) is 11.4 Å². The maximum absolute atomic E-state index is 12.5. The van der Waals surface area contributed by atoms with Crippen molar-refractivity contribution in [2.45, 2.75) is 20.3 Å². The second-order valence-electron chi connectivity index (χ2n) is 7.00. The Kier molecular flexibility index (Phi) is 6.16. The number of nitrogens with zero attached hydrogens (tertiary/aromatic N) is 1. The monoisotopic (exact) mass is 396 g/mol. The van der Waals surface area contributed by atoms with E-state index < -0.39 is 24.4 Å². The van der Waals surface area contributed by atoms with Gasteiger partial charge in [0.05, 0.1) is 18.7 Å². The highest BCUT2D eigenvalue weighted by molar-refractivity contribution is 6.01. The van der Waals surface area contributed by atoms with Crippen LogP contribution in [0.2, 0.25) is 0 Å². The third-order valence-electron chi connectivity index (χ3n) is 4.89. The molecule has 0 radical (unpaired) electrons. The zero-order valence-corrected chi connectivity index (χ0v) is 16.7. The molecule has 29 heavy (non-hydrogen) atoms. The summed E-state index contributed by atoms with van der Waals surface area (Å²) in [6.45, 7) is 3.69. The van der Waals surface area contributed by atoms with Crippen molar-refractivity contribution in [1.82, 2.24) is 0 Å². The van der Waals surface area contributed by atoms with Gasteiger partial charge in [-0.1, -0.05) is 30.3 Å². The van der Waals surface area contributed by atoms with E-state index in [1.807, 2.05) is 32.0 Å². The molecule has 1 fully saturated rings. The summed E-state index contributed by atoms with van der Waals surface area (Å²) in [6, 6.07) is 12.8. The second-order valence-corrected chi connectivity index (χ2v) is 7.00. The summed E-state index contributed by atoms with van der Waals surface area (Å²) >= 11 is 0. The minimum absolute atomic E-state index is 0.0702. The molecule has 0 spiro atoms. The van der Waals surface area contributed by atoms with Crippen LogP contribution in [0.3, 0.4) is 0 Å². The summed E-state index contributed by atoms with van der Waals surface area (Å²) in [5.74, 6) is -1.23. The average molecular weight is 396 g/mol. The quantitative estimate of drug-likeness (QED) is 0.759. The Labute approximate surface area is 169 Å². The summed E-state index contributed by atoms with van der Waals surface area (Å²) < 4.78 is 10.3. The number of hydrogen-bond acceptors (Lipinski definition) is 5. The minimum atomic E-state index is -0.597. The second kappa shape index (κ2) is 8.77. The van der Waals surface area contributed by atoms with Crippen LogP contribution in [-0.2, 0) is 19.1 Å². The molecule has 0 aromatic heterocycles. The SMILES string of the molecule is COc1ccccc1NC(=O)COC(=O)[C@H]1CC(=O)N(c2c(C)cccc2C)C1. The first-order valence-corrected chi connectivity index (χ1v) is 9.36. The number of para-hydroxylation sites is 3. The molecule has 3 rings (SSSR count). The van der Waals surface area contributed by atoms with E-state index in [-0.39, 0.29) is 18.9 Å². The number of methoxy groups -OCH3 is 1. The molecule has 2 aromatic carbocycles. The van der Waals surface area contributed by atoms with Crippen molar-refractivity contribution in [1.29, 1.82) is 0 Å². The van der Waals surface area contributed by atoms with Gasteiger partial charge in [0.2, 0.25) is 5.91 Å². The molecule has 152 valence electrons. The molecular formula is C22H24N2O5. The summed E-state index contributed by atoms with van der Waals surface area (Å²) in [5, 5.41) is 2.65. The summed E-state index contributed by atoms with van der Waals surface area (Å²) in [6.07, 6.45) is 0.0702. The Morgan fingerprint density at radius 3 is 2.48 bits per heavy atom. The number of esters is 1. The fourth-order valence-electron chi connectivity index (χ4n) is 3.50. The van der Waals surface area contributed by atoms with Crippen LogP contribution < -0.4 is 15.0 Å². The van der Waals surface area contributed by atoms with Gasteiger partial charge in [-0.15, -0.1) is 0 Å². The highest BCUT2D eigenvalue weighted by atomic mass is 16.5. The van der Waals surface area contributed by atoms with Gasteiger partial charge < -0.3 is 19.7 Å². The fourth-order valence-corrected chi connectivity index (χ4v) is 3.50. The van der Waals surface area contributed by atoms with Gasteiger partial charge in [0.1, 0.15) is 5.75 Å². The van der Waals surface area contributed by atoms with Gasteiger partial charge in [-0.25, -0.2) is 0 Å². The minimum Gasteiger partial charge on any atom is -0.495 e. The molecule has 1 N–H and O–H groups in total. The van der Waals surface area contributed by atoms with Gasteiger partial charge in [0, 0.05) is 18.7 Å². The van der Waals surface area contributed by atoms with Gasteiger partial charge in [0.25, 0.3) is 5.91 Å². The van der Waals surface area contributed by atoms with E-state index in [9.17, 15) is 14.4 Å². The first-order valence-electron chi connectivity index (χ1n) is 9.36. The Bertz CT molecular complexity index is 920. The summed E-state index contributed by atoms with van der Waals surface area (Å²) in [7, 11) is 1.50.